The SMILES string of the molecule is c1ccc(CN=C2Nc3ccccc3CC23CCCNCC3)cc1. The van der Waals surface area contributed by atoms with Crippen molar-refractivity contribution in [2.45, 2.75) is 32.2 Å². The molecule has 1 fully saturated rings. The van der Waals surface area contributed by atoms with E-state index in [4.69, 9.17) is 4.99 Å². The van der Waals surface area contributed by atoms with Gasteiger partial charge >= 0.3 is 0 Å². The molecule has 0 aliphatic carbocycles. The molecule has 4 rings (SSSR count). The molecule has 2 heterocycles. The lowest BCUT2D eigenvalue weighted by Gasteiger charge is -2.39. The van der Waals surface area contributed by atoms with E-state index in [-0.39, 0.29) is 5.41 Å². The number of hydrogen-bond acceptors (Lipinski definition) is 2. The first kappa shape index (κ1) is 15.4. The summed E-state index contributed by atoms with van der Waals surface area (Å²) in [6.07, 6.45) is 4.68. The quantitative estimate of drug-likeness (QED) is 0.877. The van der Waals surface area contributed by atoms with E-state index in [9.17, 15) is 0 Å². The van der Waals surface area contributed by atoms with Gasteiger partial charge in [0.05, 0.1) is 6.54 Å². The predicted molar refractivity (Wildman–Crippen MR) is 101 cm³/mol. The van der Waals surface area contributed by atoms with Crippen molar-refractivity contribution >= 4 is 11.5 Å². The van der Waals surface area contributed by atoms with Gasteiger partial charge in [-0.2, -0.15) is 0 Å². The van der Waals surface area contributed by atoms with Crippen LogP contribution in [-0.4, -0.2) is 18.9 Å². The van der Waals surface area contributed by atoms with Gasteiger partial charge in [0.2, 0.25) is 0 Å². The van der Waals surface area contributed by atoms with Gasteiger partial charge in [-0.25, -0.2) is 0 Å². The van der Waals surface area contributed by atoms with Crippen LogP contribution in [-0.2, 0) is 13.0 Å². The molecule has 2 aliphatic rings. The third kappa shape index (κ3) is 3.09. The van der Waals surface area contributed by atoms with Crippen LogP contribution in [0.5, 0.6) is 0 Å². The zero-order chi connectivity index (χ0) is 16.2. The fourth-order valence-electron chi connectivity index (χ4n) is 4.01. The number of nitrogens with zero attached hydrogens (tertiary/aromatic N) is 1. The normalized spacial score (nSPS) is 25.1. The van der Waals surface area contributed by atoms with E-state index in [1.165, 1.54) is 35.5 Å². The van der Waals surface area contributed by atoms with Gasteiger partial charge in [-0.3, -0.25) is 4.99 Å². The van der Waals surface area contributed by atoms with Gasteiger partial charge in [0.25, 0.3) is 0 Å². The van der Waals surface area contributed by atoms with Crippen molar-refractivity contribution in [3.8, 4) is 0 Å². The van der Waals surface area contributed by atoms with Gasteiger partial charge in [0.1, 0.15) is 5.84 Å². The van der Waals surface area contributed by atoms with Crippen LogP contribution in [0.4, 0.5) is 5.69 Å². The molecular formula is C21H25N3. The van der Waals surface area contributed by atoms with Gasteiger partial charge in [-0.1, -0.05) is 48.5 Å². The minimum atomic E-state index is 0.159. The summed E-state index contributed by atoms with van der Waals surface area (Å²) in [6.45, 7) is 2.95. The lowest BCUT2D eigenvalue weighted by molar-refractivity contribution is 0.363. The summed E-state index contributed by atoms with van der Waals surface area (Å²) in [7, 11) is 0. The lowest BCUT2D eigenvalue weighted by atomic mass is 9.72. The highest BCUT2D eigenvalue weighted by Crippen LogP contribution is 2.41. The Kier molecular flexibility index (Phi) is 4.35. The molecule has 0 amide bonds. The Morgan fingerprint density at radius 3 is 2.67 bits per heavy atom. The number of anilines is 1. The van der Waals surface area contributed by atoms with Crippen molar-refractivity contribution in [3.63, 3.8) is 0 Å². The van der Waals surface area contributed by atoms with E-state index in [1.54, 1.807) is 0 Å². The van der Waals surface area contributed by atoms with E-state index in [0.29, 0.717) is 0 Å². The Hall–Kier alpha value is -2.13. The van der Waals surface area contributed by atoms with Crippen LogP contribution in [0, 0.1) is 5.41 Å². The first-order valence-corrected chi connectivity index (χ1v) is 9.00. The molecule has 24 heavy (non-hydrogen) atoms. The summed E-state index contributed by atoms with van der Waals surface area (Å²) in [5, 5.41) is 7.23. The Morgan fingerprint density at radius 1 is 0.917 bits per heavy atom. The second-order valence-corrected chi connectivity index (χ2v) is 6.99. The van der Waals surface area contributed by atoms with Crippen LogP contribution in [0.2, 0.25) is 0 Å². The molecule has 1 atom stereocenters. The van der Waals surface area contributed by atoms with Crippen molar-refractivity contribution < 1.29 is 0 Å². The van der Waals surface area contributed by atoms with Crippen molar-refractivity contribution in [1.29, 1.82) is 0 Å². The van der Waals surface area contributed by atoms with Crippen molar-refractivity contribution in [1.82, 2.24) is 5.32 Å². The van der Waals surface area contributed by atoms with Gasteiger partial charge in [0.15, 0.2) is 0 Å². The highest BCUT2D eigenvalue weighted by Gasteiger charge is 2.40. The third-order valence-corrected chi connectivity index (χ3v) is 5.35. The second-order valence-electron chi connectivity index (χ2n) is 6.99. The Bertz CT molecular complexity index is 713. The fraction of sp³-hybridized carbons (Fsp3) is 0.381. The number of aliphatic imine (C=N–C) groups is 1. The highest BCUT2D eigenvalue weighted by molar-refractivity contribution is 6.02. The molecule has 2 aromatic carbocycles. The average molecular weight is 319 g/mol. The summed E-state index contributed by atoms with van der Waals surface area (Å²) < 4.78 is 0. The number of rotatable bonds is 2. The fourth-order valence-corrected chi connectivity index (χ4v) is 4.01. The minimum absolute atomic E-state index is 0.159. The summed E-state index contributed by atoms with van der Waals surface area (Å²) in [6, 6.07) is 19.2. The summed E-state index contributed by atoms with van der Waals surface area (Å²) in [4.78, 5) is 5.05. The molecule has 1 saturated heterocycles. The van der Waals surface area contributed by atoms with Gasteiger partial charge < -0.3 is 10.6 Å². The monoisotopic (exact) mass is 319 g/mol. The molecule has 2 N–H and O–H groups in total. The Morgan fingerprint density at radius 2 is 1.75 bits per heavy atom. The van der Waals surface area contributed by atoms with Gasteiger partial charge in [-0.15, -0.1) is 0 Å². The van der Waals surface area contributed by atoms with E-state index in [0.717, 1.165) is 32.5 Å². The van der Waals surface area contributed by atoms with Crippen molar-refractivity contribution in [2.75, 3.05) is 18.4 Å². The largest absolute Gasteiger partial charge is 0.343 e. The topological polar surface area (TPSA) is 36.4 Å². The smallest absolute Gasteiger partial charge is 0.108 e. The molecule has 2 aromatic rings. The number of hydrogen-bond donors (Lipinski definition) is 2. The van der Waals surface area contributed by atoms with Crippen LogP contribution in [0.1, 0.15) is 30.4 Å². The van der Waals surface area contributed by atoms with Gasteiger partial charge in [0, 0.05) is 11.1 Å². The number of benzene rings is 2. The van der Waals surface area contributed by atoms with E-state index >= 15 is 0 Å². The van der Waals surface area contributed by atoms with Crippen LogP contribution >= 0.6 is 0 Å². The highest BCUT2D eigenvalue weighted by atomic mass is 15.0. The van der Waals surface area contributed by atoms with Crippen molar-refractivity contribution in [3.05, 3.63) is 65.7 Å². The summed E-state index contributed by atoms with van der Waals surface area (Å²) in [5.74, 6) is 1.19. The summed E-state index contributed by atoms with van der Waals surface area (Å²) >= 11 is 0. The van der Waals surface area contributed by atoms with Crippen molar-refractivity contribution in [2.24, 2.45) is 10.4 Å². The maximum atomic E-state index is 5.05. The van der Waals surface area contributed by atoms with Crippen LogP contribution in [0.15, 0.2) is 59.6 Å². The molecule has 0 saturated carbocycles. The lowest BCUT2D eigenvalue weighted by Crippen LogP contribution is -2.42. The minimum Gasteiger partial charge on any atom is -0.343 e. The van der Waals surface area contributed by atoms with Gasteiger partial charge in [-0.05, 0) is 56.0 Å². The van der Waals surface area contributed by atoms with E-state index < -0.39 is 0 Å². The predicted octanol–water partition coefficient (Wildman–Crippen LogP) is 4.01. The molecular weight excluding hydrogens is 294 g/mol. The maximum Gasteiger partial charge on any atom is 0.108 e. The third-order valence-electron chi connectivity index (χ3n) is 5.35. The molecule has 1 spiro atoms. The number of para-hydroxylation sites is 1. The zero-order valence-corrected chi connectivity index (χ0v) is 14.1. The number of amidine groups is 1. The Labute approximate surface area is 144 Å². The van der Waals surface area contributed by atoms with Crippen LogP contribution < -0.4 is 10.6 Å². The first-order valence-electron chi connectivity index (χ1n) is 9.00. The van der Waals surface area contributed by atoms with E-state index in [1.807, 2.05) is 0 Å². The van der Waals surface area contributed by atoms with E-state index in [2.05, 4.69) is 65.2 Å². The molecule has 3 nitrogen and oxygen atoms in total. The molecule has 1 unspecified atom stereocenters. The first-order chi connectivity index (χ1) is 11.9. The molecule has 0 aromatic heterocycles. The van der Waals surface area contributed by atoms with Crippen LogP contribution in [0.25, 0.3) is 0 Å². The molecule has 0 bridgehead atoms. The molecule has 0 radical (unpaired) electrons. The number of fused-ring (bicyclic) bond motifs is 1. The molecule has 124 valence electrons. The zero-order valence-electron chi connectivity index (χ0n) is 14.1. The molecule has 3 heteroatoms. The second kappa shape index (κ2) is 6.78. The standard InChI is InChI=1S/C21H25N3/c1-2-7-17(8-3-1)16-23-20-21(11-6-13-22-14-12-21)15-18-9-4-5-10-19(18)24-20/h1-5,7-10,22H,6,11-16H2,(H,23,24). The number of nitrogens with one attached hydrogen (secondary N) is 2. The average Bonchev–Trinajstić information content (AvgIpc) is 2.87. The van der Waals surface area contributed by atoms with Crippen LogP contribution in [0.3, 0.4) is 0 Å². The molecule has 2 aliphatic heterocycles. The summed E-state index contributed by atoms with van der Waals surface area (Å²) in [5.41, 5.74) is 4.09. The maximum absolute atomic E-state index is 5.05. The Balaban J connectivity index is 1.68.